The van der Waals surface area contributed by atoms with Crippen LogP contribution in [0.3, 0.4) is 0 Å². The second-order valence-electron chi connectivity index (χ2n) is 6.30. The Bertz CT molecular complexity index is 805. The first-order valence-corrected chi connectivity index (χ1v) is 8.89. The Morgan fingerprint density at radius 1 is 1.07 bits per heavy atom. The SMILES string of the molecule is COc1ccc(C(=O)NC(C(=O)N(C)CCCC(=O)O)c2ccccc2)cc1. The minimum Gasteiger partial charge on any atom is -0.497 e. The van der Waals surface area contributed by atoms with Crippen LogP contribution in [-0.4, -0.2) is 48.5 Å². The first-order chi connectivity index (χ1) is 13.4. The van der Waals surface area contributed by atoms with Gasteiger partial charge < -0.3 is 20.1 Å². The second-order valence-corrected chi connectivity index (χ2v) is 6.30. The van der Waals surface area contributed by atoms with E-state index in [0.29, 0.717) is 23.3 Å². The smallest absolute Gasteiger partial charge is 0.303 e. The predicted molar refractivity (Wildman–Crippen MR) is 104 cm³/mol. The number of carbonyl (C=O) groups is 3. The molecule has 7 heteroatoms. The molecule has 0 spiro atoms. The number of ether oxygens (including phenoxy) is 1. The molecule has 0 aromatic heterocycles. The average molecular weight is 384 g/mol. The molecule has 0 saturated heterocycles. The van der Waals surface area contributed by atoms with Gasteiger partial charge in [-0.2, -0.15) is 0 Å². The number of nitrogens with one attached hydrogen (secondary N) is 1. The highest BCUT2D eigenvalue weighted by molar-refractivity contribution is 5.98. The molecule has 1 atom stereocenters. The Morgan fingerprint density at radius 3 is 2.29 bits per heavy atom. The number of carboxylic acids is 1. The lowest BCUT2D eigenvalue weighted by Crippen LogP contribution is -2.41. The van der Waals surface area contributed by atoms with E-state index >= 15 is 0 Å². The Hall–Kier alpha value is -3.35. The number of amides is 2. The molecule has 2 rings (SSSR count). The molecule has 28 heavy (non-hydrogen) atoms. The van der Waals surface area contributed by atoms with E-state index in [1.165, 1.54) is 4.90 Å². The Kier molecular flexibility index (Phi) is 7.56. The third-order valence-corrected chi connectivity index (χ3v) is 4.27. The Labute approximate surface area is 163 Å². The zero-order valence-electron chi connectivity index (χ0n) is 15.9. The van der Waals surface area contributed by atoms with Gasteiger partial charge in [0, 0.05) is 25.6 Å². The molecule has 0 fully saturated rings. The van der Waals surface area contributed by atoms with Crippen LogP contribution in [0, 0.1) is 0 Å². The lowest BCUT2D eigenvalue weighted by Gasteiger charge is -2.25. The van der Waals surface area contributed by atoms with E-state index in [0.717, 1.165) is 0 Å². The van der Waals surface area contributed by atoms with Crippen LogP contribution in [-0.2, 0) is 9.59 Å². The molecule has 0 saturated carbocycles. The van der Waals surface area contributed by atoms with Gasteiger partial charge in [-0.05, 0) is 36.2 Å². The van der Waals surface area contributed by atoms with Gasteiger partial charge in [0.1, 0.15) is 11.8 Å². The fourth-order valence-electron chi connectivity index (χ4n) is 2.69. The molecule has 2 N–H and O–H groups in total. The minimum absolute atomic E-state index is 0.0220. The summed E-state index contributed by atoms with van der Waals surface area (Å²) in [5.41, 5.74) is 1.06. The van der Waals surface area contributed by atoms with Crippen LogP contribution in [0.15, 0.2) is 54.6 Å². The molecular formula is C21H24N2O5. The van der Waals surface area contributed by atoms with E-state index in [2.05, 4.69) is 5.32 Å². The summed E-state index contributed by atoms with van der Waals surface area (Å²) in [6.07, 6.45) is 0.317. The maximum absolute atomic E-state index is 12.9. The van der Waals surface area contributed by atoms with Crippen molar-refractivity contribution in [3.05, 3.63) is 65.7 Å². The van der Waals surface area contributed by atoms with Crippen LogP contribution in [0.2, 0.25) is 0 Å². The summed E-state index contributed by atoms with van der Waals surface area (Å²) >= 11 is 0. The van der Waals surface area contributed by atoms with Gasteiger partial charge in [0.15, 0.2) is 0 Å². The molecule has 2 aromatic carbocycles. The first kappa shape index (κ1) is 21.0. The zero-order chi connectivity index (χ0) is 20.5. The van der Waals surface area contributed by atoms with Crippen LogP contribution in [0.1, 0.15) is 34.8 Å². The van der Waals surface area contributed by atoms with Crippen molar-refractivity contribution in [2.24, 2.45) is 0 Å². The Morgan fingerprint density at radius 2 is 1.71 bits per heavy atom. The van der Waals surface area contributed by atoms with Crippen molar-refractivity contribution in [3.8, 4) is 5.75 Å². The number of benzene rings is 2. The monoisotopic (exact) mass is 384 g/mol. The number of methoxy groups -OCH3 is 1. The second kappa shape index (κ2) is 10.1. The average Bonchev–Trinajstić information content (AvgIpc) is 2.71. The maximum Gasteiger partial charge on any atom is 0.303 e. The van der Waals surface area contributed by atoms with Crippen LogP contribution < -0.4 is 10.1 Å². The van der Waals surface area contributed by atoms with E-state index in [1.807, 2.05) is 6.07 Å². The van der Waals surface area contributed by atoms with E-state index in [9.17, 15) is 14.4 Å². The minimum atomic E-state index is -0.909. The summed E-state index contributed by atoms with van der Waals surface area (Å²) < 4.78 is 5.09. The number of aliphatic carboxylic acids is 1. The number of rotatable bonds is 9. The van der Waals surface area contributed by atoms with Gasteiger partial charge in [0.2, 0.25) is 5.91 Å². The molecule has 0 aliphatic rings. The lowest BCUT2D eigenvalue weighted by molar-refractivity contribution is -0.138. The zero-order valence-corrected chi connectivity index (χ0v) is 15.9. The van der Waals surface area contributed by atoms with Crippen LogP contribution in [0.4, 0.5) is 0 Å². The van der Waals surface area contributed by atoms with Gasteiger partial charge >= 0.3 is 5.97 Å². The molecule has 2 amide bonds. The summed E-state index contributed by atoms with van der Waals surface area (Å²) in [7, 11) is 3.14. The van der Waals surface area contributed by atoms with Gasteiger partial charge in [-0.25, -0.2) is 0 Å². The molecule has 1 unspecified atom stereocenters. The largest absolute Gasteiger partial charge is 0.497 e. The molecule has 2 aromatic rings. The van der Waals surface area contributed by atoms with E-state index in [-0.39, 0.29) is 24.8 Å². The summed E-state index contributed by atoms with van der Waals surface area (Å²) in [4.78, 5) is 37.7. The number of carboxylic acid groups (broad SMARTS) is 1. The third kappa shape index (κ3) is 5.84. The van der Waals surface area contributed by atoms with Gasteiger partial charge in [0.05, 0.1) is 7.11 Å². The van der Waals surface area contributed by atoms with E-state index in [1.54, 1.807) is 62.7 Å². The number of hydrogen-bond acceptors (Lipinski definition) is 4. The Balaban J connectivity index is 2.16. The number of hydrogen-bond donors (Lipinski definition) is 2. The summed E-state index contributed by atoms with van der Waals surface area (Å²) in [5, 5.41) is 11.5. The van der Waals surface area contributed by atoms with Crippen molar-refractivity contribution < 1.29 is 24.2 Å². The first-order valence-electron chi connectivity index (χ1n) is 8.89. The fraction of sp³-hybridized carbons (Fsp3) is 0.286. The third-order valence-electron chi connectivity index (χ3n) is 4.27. The number of nitrogens with zero attached hydrogens (tertiary/aromatic N) is 1. The predicted octanol–water partition coefficient (Wildman–Crippen LogP) is 2.49. The topological polar surface area (TPSA) is 95.9 Å². The summed E-state index contributed by atoms with van der Waals surface area (Å²) in [5.74, 6) is -0.971. The van der Waals surface area contributed by atoms with Crippen molar-refractivity contribution in [1.82, 2.24) is 10.2 Å². The fourth-order valence-corrected chi connectivity index (χ4v) is 2.69. The van der Waals surface area contributed by atoms with Crippen LogP contribution in [0.25, 0.3) is 0 Å². The molecule has 0 aliphatic heterocycles. The van der Waals surface area contributed by atoms with Crippen LogP contribution >= 0.6 is 0 Å². The highest BCUT2D eigenvalue weighted by atomic mass is 16.5. The van der Waals surface area contributed by atoms with E-state index < -0.39 is 12.0 Å². The summed E-state index contributed by atoms with van der Waals surface area (Å²) in [6, 6.07) is 14.7. The highest BCUT2D eigenvalue weighted by Crippen LogP contribution is 2.18. The van der Waals surface area contributed by atoms with Crippen molar-refractivity contribution in [2.75, 3.05) is 20.7 Å². The molecule has 0 heterocycles. The highest BCUT2D eigenvalue weighted by Gasteiger charge is 2.26. The normalized spacial score (nSPS) is 11.4. The van der Waals surface area contributed by atoms with Crippen molar-refractivity contribution in [1.29, 1.82) is 0 Å². The quantitative estimate of drug-likeness (QED) is 0.692. The van der Waals surface area contributed by atoms with Gasteiger partial charge in [-0.3, -0.25) is 14.4 Å². The molecule has 148 valence electrons. The number of likely N-dealkylation sites (N-methyl/N-ethyl adjacent to an activating group) is 1. The van der Waals surface area contributed by atoms with Crippen molar-refractivity contribution >= 4 is 17.8 Å². The lowest BCUT2D eigenvalue weighted by atomic mass is 10.0. The standard InChI is InChI=1S/C21H24N2O5/c1-23(14-6-9-18(24)25)21(27)19(15-7-4-3-5-8-15)22-20(26)16-10-12-17(28-2)13-11-16/h3-5,7-8,10-13,19H,6,9,14H2,1-2H3,(H,22,26)(H,24,25). The van der Waals surface area contributed by atoms with Gasteiger partial charge in [-0.15, -0.1) is 0 Å². The molecule has 0 aliphatic carbocycles. The van der Waals surface area contributed by atoms with Crippen molar-refractivity contribution in [3.63, 3.8) is 0 Å². The van der Waals surface area contributed by atoms with Crippen molar-refractivity contribution in [2.45, 2.75) is 18.9 Å². The molecule has 0 radical (unpaired) electrons. The van der Waals surface area contributed by atoms with Gasteiger partial charge in [0.25, 0.3) is 5.91 Å². The summed E-state index contributed by atoms with van der Waals surface area (Å²) in [6.45, 7) is 0.285. The number of carbonyl (C=O) groups excluding carboxylic acids is 2. The molecular weight excluding hydrogens is 360 g/mol. The van der Waals surface area contributed by atoms with Crippen LogP contribution in [0.5, 0.6) is 5.75 Å². The maximum atomic E-state index is 12.9. The molecule has 0 bridgehead atoms. The van der Waals surface area contributed by atoms with E-state index in [4.69, 9.17) is 9.84 Å². The van der Waals surface area contributed by atoms with Gasteiger partial charge in [-0.1, -0.05) is 30.3 Å². The molecule has 7 nitrogen and oxygen atoms in total.